The topological polar surface area (TPSA) is 110 Å². The maximum Gasteiger partial charge on any atom is 0.285 e. The minimum Gasteiger partial charge on any atom is -0.298 e. The molecule has 8 nitrogen and oxygen atoms in total. The lowest BCUT2D eigenvalue weighted by Gasteiger charge is -2.15. The molecule has 1 saturated heterocycles. The second-order valence-corrected chi connectivity index (χ2v) is 7.19. The van der Waals surface area contributed by atoms with Gasteiger partial charge in [0.15, 0.2) is 4.32 Å². The number of aldehydes is 1. The molecule has 28 heavy (non-hydrogen) atoms. The first-order valence-corrected chi connectivity index (χ1v) is 9.01. The molecule has 2 aromatic carbocycles. The minimum atomic E-state index is -0.819. The molecule has 10 heteroatoms. The van der Waals surface area contributed by atoms with E-state index in [-0.39, 0.29) is 20.5 Å². The van der Waals surface area contributed by atoms with E-state index in [0.29, 0.717) is 17.4 Å². The zero-order valence-electron chi connectivity index (χ0n) is 14.0. The van der Waals surface area contributed by atoms with Crippen molar-refractivity contribution in [3.05, 3.63) is 80.2 Å². The summed E-state index contributed by atoms with van der Waals surface area (Å²) in [6, 6.07) is 12.0. The summed E-state index contributed by atoms with van der Waals surface area (Å²) < 4.78 is 0.0905. The first kappa shape index (κ1) is 19.4. The maximum absolute atomic E-state index is 12.6. The van der Waals surface area contributed by atoms with Gasteiger partial charge in [0.05, 0.1) is 9.83 Å². The Morgan fingerprint density at radius 3 is 2.43 bits per heavy atom. The van der Waals surface area contributed by atoms with Crippen LogP contribution in [-0.2, 0) is 4.79 Å². The van der Waals surface area contributed by atoms with E-state index in [9.17, 15) is 24.5 Å². The number of hydrogen-bond acceptors (Lipinski definition) is 7. The van der Waals surface area contributed by atoms with Crippen molar-refractivity contribution < 1.29 is 19.3 Å². The highest BCUT2D eigenvalue weighted by Crippen LogP contribution is 2.31. The Hall–Kier alpha value is -3.37. The Labute approximate surface area is 168 Å². The smallest absolute Gasteiger partial charge is 0.285 e. The van der Waals surface area contributed by atoms with Crippen molar-refractivity contribution in [3.63, 3.8) is 0 Å². The number of nitro groups is 1. The van der Waals surface area contributed by atoms with Crippen molar-refractivity contribution in [3.8, 4) is 0 Å². The third-order valence-electron chi connectivity index (χ3n) is 3.72. The lowest BCUT2D eigenvalue weighted by atomic mass is 10.1. The van der Waals surface area contributed by atoms with Crippen LogP contribution >= 0.6 is 24.0 Å². The average molecular weight is 413 g/mol. The summed E-state index contributed by atoms with van der Waals surface area (Å²) in [6.45, 7) is 0. The van der Waals surface area contributed by atoms with Crippen LogP contribution < -0.4 is 5.43 Å². The monoisotopic (exact) mass is 413 g/mol. The predicted octanol–water partition coefficient (Wildman–Crippen LogP) is 2.95. The van der Waals surface area contributed by atoms with Crippen molar-refractivity contribution in [2.45, 2.75) is 0 Å². The number of hydrazine groups is 1. The van der Waals surface area contributed by atoms with Gasteiger partial charge in [0, 0.05) is 11.6 Å². The summed E-state index contributed by atoms with van der Waals surface area (Å²) in [5.74, 6) is -1.37. The molecule has 0 bridgehead atoms. The molecule has 1 fully saturated rings. The molecule has 0 aromatic heterocycles. The van der Waals surface area contributed by atoms with Gasteiger partial charge in [-0.05, 0) is 29.9 Å². The lowest BCUT2D eigenvalue weighted by Crippen LogP contribution is -2.45. The summed E-state index contributed by atoms with van der Waals surface area (Å²) >= 11 is 6.12. The number of carbonyl (C=O) groups excluding carboxylic acids is 3. The normalized spacial score (nSPS) is 15.0. The molecule has 1 N–H and O–H groups in total. The fraction of sp³-hybridized carbons (Fsp3) is 0. The molecule has 0 unspecified atom stereocenters. The first-order chi connectivity index (χ1) is 13.4. The molecular formula is C18H11N3O5S2. The van der Waals surface area contributed by atoms with E-state index in [1.807, 2.05) is 0 Å². The van der Waals surface area contributed by atoms with E-state index in [1.165, 1.54) is 24.3 Å². The molecule has 0 radical (unpaired) electrons. The van der Waals surface area contributed by atoms with E-state index < -0.39 is 16.7 Å². The van der Waals surface area contributed by atoms with Crippen LogP contribution in [0.25, 0.3) is 6.08 Å². The third kappa shape index (κ3) is 3.97. The summed E-state index contributed by atoms with van der Waals surface area (Å²) in [7, 11) is 0. The van der Waals surface area contributed by atoms with Crippen LogP contribution in [0.2, 0.25) is 0 Å². The second-order valence-electron chi connectivity index (χ2n) is 5.52. The molecule has 0 atom stereocenters. The van der Waals surface area contributed by atoms with Crippen molar-refractivity contribution >= 4 is 58.2 Å². The van der Waals surface area contributed by atoms with Crippen LogP contribution in [0.5, 0.6) is 0 Å². The van der Waals surface area contributed by atoms with E-state index in [0.717, 1.165) is 16.8 Å². The summed E-state index contributed by atoms with van der Waals surface area (Å²) in [6.07, 6.45) is 2.28. The third-order valence-corrected chi connectivity index (χ3v) is 5.02. The number of nitrogens with one attached hydrogen (secondary N) is 1. The van der Waals surface area contributed by atoms with Gasteiger partial charge < -0.3 is 0 Å². The molecular weight excluding hydrogens is 402 g/mol. The zero-order chi connectivity index (χ0) is 20.3. The molecule has 2 aromatic rings. The largest absolute Gasteiger partial charge is 0.298 e. The van der Waals surface area contributed by atoms with Crippen molar-refractivity contribution in [2.24, 2.45) is 0 Å². The standard InChI is InChI=1S/C18H11N3O5S2/c22-10-12-7-5-11(6-8-12)9-15-17(24)20(18(27)28-15)19-16(23)13-3-1-2-4-14(13)21(25)26/h1-10H,(H,19,23)/b15-9+. The molecule has 1 aliphatic heterocycles. The Morgan fingerprint density at radius 2 is 1.79 bits per heavy atom. The number of nitro benzene ring substituents is 1. The van der Waals surface area contributed by atoms with Crippen LogP contribution in [-0.4, -0.2) is 32.4 Å². The van der Waals surface area contributed by atoms with Crippen LogP contribution in [0.1, 0.15) is 26.3 Å². The molecule has 1 heterocycles. The summed E-state index contributed by atoms with van der Waals surface area (Å²) in [5.41, 5.74) is 2.93. The van der Waals surface area contributed by atoms with E-state index in [4.69, 9.17) is 12.2 Å². The van der Waals surface area contributed by atoms with E-state index in [1.54, 1.807) is 30.3 Å². The van der Waals surface area contributed by atoms with Crippen molar-refractivity contribution in [1.82, 2.24) is 10.4 Å². The Kier molecular flexibility index (Phi) is 5.62. The molecule has 0 saturated carbocycles. The van der Waals surface area contributed by atoms with Crippen LogP contribution in [0, 0.1) is 10.1 Å². The number of nitrogens with zero attached hydrogens (tertiary/aromatic N) is 2. The molecule has 3 rings (SSSR count). The maximum atomic E-state index is 12.6. The highest BCUT2D eigenvalue weighted by molar-refractivity contribution is 8.26. The van der Waals surface area contributed by atoms with Gasteiger partial charge >= 0.3 is 0 Å². The number of rotatable bonds is 5. The quantitative estimate of drug-likeness (QED) is 0.264. The zero-order valence-corrected chi connectivity index (χ0v) is 15.7. The second kappa shape index (κ2) is 8.11. The Bertz CT molecular complexity index is 1030. The fourth-order valence-electron chi connectivity index (χ4n) is 2.37. The van der Waals surface area contributed by atoms with Gasteiger partial charge in [-0.2, -0.15) is 5.01 Å². The van der Waals surface area contributed by atoms with E-state index in [2.05, 4.69) is 5.43 Å². The van der Waals surface area contributed by atoms with Crippen LogP contribution in [0.3, 0.4) is 0 Å². The van der Waals surface area contributed by atoms with Gasteiger partial charge in [-0.3, -0.25) is 29.9 Å². The highest BCUT2D eigenvalue weighted by atomic mass is 32.2. The number of amides is 2. The number of carbonyl (C=O) groups is 3. The van der Waals surface area contributed by atoms with Crippen LogP contribution in [0.15, 0.2) is 53.4 Å². The van der Waals surface area contributed by atoms with Crippen molar-refractivity contribution in [1.29, 1.82) is 0 Å². The number of hydrogen-bond donors (Lipinski definition) is 1. The SMILES string of the molecule is O=Cc1ccc(/C=C2/SC(=S)N(NC(=O)c3ccccc3[N+](=O)[O-])C2=O)cc1. The number of thiocarbonyl (C=S) groups is 1. The van der Waals surface area contributed by atoms with Gasteiger partial charge in [-0.25, -0.2) is 0 Å². The van der Waals surface area contributed by atoms with Gasteiger partial charge in [0.1, 0.15) is 11.8 Å². The van der Waals surface area contributed by atoms with Gasteiger partial charge in [-0.1, -0.05) is 48.2 Å². The van der Waals surface area contributed by atoms with Gasteiger partial charge in [0.2, 0.25) is 0 Å². The minimum absolute atomic E-state index is 0.0905. The number of para-hydroxylation sites is 1. The summed E-state index contributed by atoms with van der Waals surface area (Å²) in [5, 5.41) is 12.0. The molecule has 1 aliphatic rings. The number of thioether (sulfide) groups is 1. The molecule has 0 spiro atoms. The molecule has 2 amide bonds. The Morgan fingerprint density at radius 1 is 1.14 bits per heavy atom. The summed E-state index contributed by atoms with van der Waals surface area (Å²) in [4.78, 5) is 46.4. The first-order valence-electron chi connectivity index (χ1n) is 7.78. The van der Waals surface area contributed by atoms with Gasteiger partial charge in [-0.15, -0.1) is 0 Å². The van der Waals surface area contributed by atoms with Crippen LogP contribution in [0.4, 0.5) is 5.69 Å². The average Bonchev–Trinajstić information content (AvgIpc) is 2.95. The van der Waals surface area contributed by atoms with E-state index >= 15 is 0 Å². The Balaban J connectivity index is 1.80. The highest BCUT2D eigenvalue weighted by Gasteiger charge is 2.34. The molecule has 0 aliphatic carbocycles. The predicted molar refractivity (Wildman–Crippen MR) is 107 cm³/mol. The molecule has 140 valence electrons. The van der Waals surface area contributed by atoms with Crippen molar-refractivity contribution in [2.75, 3.05) is 0 Å². The number of benzene rings is 2. The van der Waals surface area contributed by atoms with Gasteiger partial charge in [0.25, 0.3) is 17.5 Å². The lowest BCUT2D eigenvalue weighted by molar-refractivity contribution is -0.385. The fourth-order valence-corrected chi connectivity index (χ4v) is 3.55.